The zero-order chi connectivity index (χ0) is 27.4. The van der Waals surface area contributed by atoms with Crippen LogP contribution in [0.1, 0.15) is 29.2 Å². The summed E-state index contributed by atoms with van der Waals surface area (Å²) in [4.78, 5) is 44.2. The van der Waals surface area contributed by atoms with E-state index in [2.05, 4.69) is 0 Å². The van der Waals surface area contributed by atoms with E-state index in [1.54, 1.807) is 36.8 Å². The van der Waals surface area contributed by atoms with Gasteiger partial charge in [-0.1, -0.05) is 54.3 Å². The summed E-state index contributed by atoms with van der Waals surface area (Å²) < 4.78 is 7.05. The Morgan fingerprint density at radius 2 is 1.87 bits per heavy atom. The van der Waals surface area contributed by atoms with E-state index in [0.29, 0.717) is 71.9 Å². The van der Waals surface area contributed by atoms with Gasteiger partial charge in [0.2, 0.25) is 0 Å². The molecular formula is C27H29N5O4S2. The second-order valence-electron chi connectivity index (χ2n) is 8.96. The van der Waals surface area contributed by atoms with Gasteiger partial charge in [0.1, 0.15) is 21.8 Å². The van der Waals surface area contributed by atoms with Crippen LogP contribution < -0.4 is 10.5 Å². The summed E-state index contributed by atoms with van der Waals surface area (Å²) in [6.07, 6.45) is 2.05. The van der Waals surface area contributed by atoms with E-state index in [4.69, 9.17) is 17.0 Å². The Bertz CT molecular complexity index is 1390. The number of hydrogen-bond donors (Lipinski definition) is 0. The molecule has 2 aliphatic heterocycles. The molecule has 2 fully saturated rings. The zero-order valence-corrected chi connectivity index (χ0v) is 23.2. The summed E-state index contributed by atoms with van der Waals surface area (Å²) in [6, 6.07) is 11.9. The number of ether oxygens (including phenoxy) is 1. The minimum Gasteiger partial charge on any atom is -0.450 e. The third kappa shape index (κ3) is 5.47. The van der Waals surface area contributed by atoms with Gasteiger partial charge in [-0.3, -0.25) is 19.1 Å². The van der Waals surface area contributed by atoms with Crippen LogP contribution in [0.2, 0.25) is 0 Å². The number of benzene rings is 1. The number of nitriles is 1. The lowest BCUT2D eigenvalue weighted by Crippen LogP contribution is -2.50. The van der Waals surface area contributed by atoms with Crippen molar-refractivity contribution in [2.45, 2.75) is 20.3 Å². The van der Waals surface area contributed by atoms with E-state index < -0.39 is 5.56 Å². The molecule has 1 aromatic carbocycles. The number of thioether (sulfide) groups is 1. The quantitative estimate of drug-likeness (QED) is 0.399. The molecule has 4 rings (SSSR count). The van der Waals surface area contributed by atoms with Crippen molar-refractivity contribution in [3.05, 3.63) is 67.8 Å². The number of piperazine rings is 1. The van der Waals surface area contributed by atoms with Crippen LogP contribution in [0.4, 0.5) is 10.6 Å². The maximum absolute atomic E-state index is 13.4. The Morgan fingerprint density at radius 3 is 2.50 bits per heavy atom. The minimum absolute atomic E-state index is 0.0345. The van der Waals surface area contributed by atoms with Crippen molar-refractivity contribution in [3.8, 4) is 6.07 Å². The lowest BCUT2D eigenvalue weighted by atomic mass is 10.0. The molecule has 3 heterocycles. The van der Waals surface area contributed by atoms with Crippen LogP contribution in [0.5, 0.6) is 0 Å². The molecule has 0 radical (unpaired) electrons. The van der Waals surface area contributed by atoms with Crippen LogP contribution in [-0.2, 0) is 23.0 Å². The predicted octanol–water partition coefficient (Wildman–Crippen LogP) is 3.29. The van der Waals surface area contributed by atoms with Crippen molar-refractivity contribution < 1.29 is 14.3 Å². The van der Waals surface area contributed by atoms with Crippen molar-refractivity contribution in [2.75, 3.05) is 44.2 Å². The standard InChI is InChI=1S/C27H29N5O4S2/c1-4-36-26(35)31-14-12-30(13-15-31)23-20(18(2)21(17-28)24(33)29(23)3)16-22-25(34)32(27(37)38-22)11-10-19-8-6-5-7-9-19/h5-9,16H,4,10-15H2,1-3H3/b22-16-. The Kier molecular flexibility index (Phi) is 8.54. The predicted molar refractivity (Wildman–Crippen MR) is 152 cm³/mol. The van der Waals surface area contributed by atoms with Crippen LogP contribution in [-0.4, -0.2) is 70.0 Å². The average Bonchev–Trinajstić information content (AvgIpc) is 3.19. The van der Waals surface area contributed by atoms with Gasteiger partial charge in [-0.05, 0) is 37.5 Å². The first kappa shape index (κ1) is 27.4. The molecule has 0 N–H and O–H groups in total. The summed E-state index contributed by atoms with van der Waals surface area (Å²) in [6.45, 7) is 6.04. The average molecular weight is 552 g/mol. The summed E-state index contributed by atoms with van der Waals surface area (Å²) >= 11 is 6.75. The van der Waals surface area contributed by atoms with Crippen molar-refractivity contribution in [1.82, 2.24) is 14.4 Å². The summed E-state index contributed by atoms with van der Waals surface area (Å²) in [5.41, 5.74) is 1.87. The second kappa shape index (κ2) is 11.8. The monoisotopic (exact) mass is 551 g/mol. The molecule has 0 spiro atoms. The maximum atomic E-state index is 13.4. The van der Waals surface area contributed by atoms with Gasteiger partial charge in [-0.15, -0.1) is 0 Å². The highest BCUT2D eigenvalue weighted by atomic mass is 32.2. The fourth-order valence-electron chi connectivity index (χ4n) is 4.62. The van der Waals surface area contributed by atoms with Gasteiger partial charge in [0.25, 0.3) is 11.5 Å². The van der Waals surface area contributed by atoms with Crippen LogP contribution in [0.15, 0.2) is 40.0 Å². The van der Waals surface area contributed by atoms with Crippen LogP contribution in [0, 0.1) is 18.3 Å². The van der Waals surface area contributed by atoms with E-state index >= 15 is 0 Å². The smallest absolute Gasteiger partial charge is 0.409 e. The number of pyridine rings is 1. The van der Waals surface area contributed by atoms with Gasteiger partial charge < -0.3 is 14.5 Å². The maximum Gasteiger partial charge on any atom is 0.409 e. The Balaban J connectivity index is 1.66. The van der Waals surface area contributed by atoms with Gasteiger partial charge in [-0.25, -0.2) is 4.79 Å². The Morgan fingerprint density at radius 1 is 1.18 bits per heavy atom. The number of hydrogen-bond acceptors (Lipinski definition) is 8. The SMILES string of the molecule is CCOC(=O)N1CCN(c2c(/C=C3\SC(=S)N(CCc4ccccc4)C3=O)c(C)c(C#N)c(=O)n2C)CC1. The number of thiocarbonyl (C=S) groups is 1. The molecule has 11 heteroatoms. The van der Waals surface area contributed by atoms with E-state index in [0.717, 1.165) is 5.56 Å². The highest BCUT2D eigenvalue weighted by molar-refractivity contribution is 8.26. The van der Waals surface area contributed by atoms with Crippen molar-refractivity contribution in [1.29, 1.82) is 5.26 Å². The van der Waals surface area contributed by atoms with E-state index in [1.165, 1.54) is 16.3 Å². The number of rotatable bonds is 6. The van der Waals surface area contributed by atoms with Crippen LogP contribution >= 0.6 is 24.0 Å². The van der Waals surface area contributed by atoms with Crippen LogP contribution in [0.25, 0.3) is 6.08 Å². The van der Waals surface area contributed by atoms with Crippen molar-refractivity contribution >= 4 is 52.2 Å². The van der Waals surface area contributed by atoms with Gasteiger partial charge in [0, 0.05) is 45.3 Å². The number of carbonyl (C=O) groups is 2. The lowest BCUT2D eigenvalue weighted by molar-refractivity contribution is -0.122. The number of aromatic nitrogens is 1. The van der Waals surface area contributed by atoms with Crippen molar-refractivity contribution in [2.24, 2.45) is 7.05 Å². The molecule has 2 amide bonds. The lowest BCUT2D eigenvalue weighted by Gasteiger charge is -2.37. The number of nitrogens with zero attached hydrogens (tertiary/aromatic N) is 5. The number of anilines is 1. The van der Waals surface area contributed by atoms with E-state index in [-0.39, 0.29) is 17.6 Å². The topological polar surface area (TPSA) is 98.9 Å². The summed E-state index contributed by atoms with van der Waals surface area (Å²) in [7, 11) is 1.62. The molecule has 0 unspecified atom stereocenters. The fourth-order valence-corrected chi connectivity index (χ4v) is 5.91. The van der Waals surface area contributed by atoms with Gasteiger partial charge in [0.05, 0.1) is 11.5 Å². The zero-order valence-electron chi connectivity index (χ0n) is 21.6. The molecule has 38 heavy (non-hydrogen) atoms. The summed E-state index contributed by atoms with van der Waals surface area (Å²) in [5, 5.41) is 9.71. The van der Waals surface area contributed by atoms with Crippen molar-refractivity contribution in [3.63, 3.8) is 0 Å². The van der Waals surface area contributed by atoms with Gasteiger partial charge >= 0.3 is 6.09 Å². The molecular weight excluding hydrogens is 522 g/mol. The Hall–Kier alpha value is -3.62. The van der Waals surface area contributed by atoms with Gasteiger partial charge in [0.15, 0.2) is 0 Å². The minimum atomic E-state index is -0.402. The highest BCUT2D eigenvalue weighted by Gasteiger charge is 2.33. The van der Waals surface area contributed by atoms with Crippen LogP contribution in [0.3, 0.4) is 0 Å². The number of amides is 2. The molecule has 2 saturated heterocycles. The second-order valence-corrected chi connectivity index (χ2v) is 10.6. The largest absolute Gasteiger partial charge is 0.450 e. The van der Waals surface area contributed by atoms with Gasteiger partial charge in [-0.2, -0.15) is 5.26 Å². The first-order valence-corrected chi connectivity index (χ1v) is 13.6. The molecule has 1 aromatic heterocycles. The third-order valence-corrected chi connectivity index (χ3v) is 8.07. The molecule has 0 saturated carbocycles. The molecule has 0 atom stereocenters. The molecule has 0 aliphatic carbocycles. The fraction of sp³-hybridized carbons (Fsp3) is 0.370. The Labute approximate surface area is 231 Å². The molecule has 2 aliphatic rings. The van der Waals surface area contributed by atoms with E-state index in [9.17, 15) is 19.6 Å². The first-order chi connectivity index (χ1) is 18.3. The molecule has 198 valence electrons. The number of carbonyl (C=O) groups excluding carboxylic acids is 2. The normalized spacial score (nSPS) is 16.8. The molecule has 0 bridgehead atoms. The summed E-state index contributed by atoms with van der Waals surface area (Å²) in [5.74, 6) is 0.408. The van der Waals surface area contributed by atoms with E-state index in [1.807, 2.05) is 41.3 Å². The molecule has 2 aromatic rings. The molecule has 9 nitrogen and oxygen atoms in total. The third-order valence-electron chi connectivity index (χ3n) is 6.69. The highest BCUT2D eigenvalue weighted by Crippen LogP contribution is 2.36. The first-order valence-electron chi connectivity index (χ1n) is 12.4.